The summed E-state index contributed by atoms with van der Waals surface area (Å²) in [5.41, 5.74) is 2.28. The standard InChI is InChI=1S/C28H33F2N3S/c29-24-5-1-22(2-6-24)26(23-3-7-25(30)8-4-23)32-9-11-33(12-10-32)27(34)31-28-16-19-13-20(17-28)15-21(14-19)18-28/h1-8,19-21,26H,9-18H2,(H,31,34). The molecule has 34 heavy (non-hydrogen) atoms. The van der Waals surface area contributed by atoms with Crippen LogP contribution in [-0.2, 0) is 0 Å². The van der Waals surface area contributed by atoms with E-state index in [9.17, 15) is 8.78 Å². The number of hydrogen-bond donors (Lipinski definition) is 1. The maximum absolute atomic E-state index is 13.6. The molecule has 1 N–H and O–H groups in total. The Kier molecular flexibility index (Phi) is 5.85. The zero-order valence-electron chi connectivity index (χ0n) is 19.6. The van der Waals surface area contributed by atoms with Gasteiger partial charge in [-0.25, -0.2) is 8.78 Å². The predicted octanol–water partition coefficient (Wildman–Crippen LogP) is 5.52. The maximum Gasteiger partial charge on any atom is 0.169 e. The fraction of sp³-hybridized carbons (Fsp3) is 0.536. The van der Waals surface area contributed by atoms with Crippen LogP contribution in [-0.4, -0.2) is 46.6 Å². The van der Waals surface area contributed by atoms with Gasteiger partial charge in [-0.15, -0.1) is 0 Å². The van der Waals surface area contributed by atoms with Crippen LogP contribution in [0, 0.1) is 29.4 Å². The van der Waals surface area contributed by atoms with Crippen molar-refractivity contribution in [2.45, 2.75) is 50.1 Å². The first kappa shape index (κ1) is 22.4. The van der Waals surface area contributed by atoms with E-state index in [-0.39, 0.29) is 23.2 Å². The third kappa shape index (κ3) is 4.35. The summed E-state index contributed by atoms with van der Waals surface area (Å²) >= 11 is 5.94. The smallest absolute Gasteiger partial charge is 0.169 e. The highest BCUT2D eigenvalue weighted by atomic mass is 32.1. The van der Waals surface area contributed by atoms with Crippen LogP contribution in [0.4, 0.5) is 8.78 Å². The summed E-state index contributed by atoms with van der Waals surface area (Å²) in [5.74, 6) is 2.20. The number of nitrogens with zero attached hydrogens (tertiary/aromatic N) is 2. The molecule has 1 saturated heterocycles. The Morgan fingerprint density at radius 3 is 1.65 bits per heavy atom. The number of nitrogens with one attached hydrogen (secondary N) is 1. The van der Waals surface area contributed by atoms with Gasteiger partial charge in [0, 0.05) is 31.7 Å². The fourth-order valence-corrected chi connectivity index (χ4v) is 8.06. The third-order valence-corrected chi connectivity index (χ3v) is 9.11. The van der Waals surface area contributed by atoms with Gasteiger partial charge in [0.25, 0.3) is 0 Å². The van der Waals surface area contributed by atoms with E-state index in [4.69, 9.17) is 12.2 Å². The molecule has 3 nitrogen and oxygen atoms in total. The Morgan fingerprint density at radius 1 is 0.765 bits per heavy atom. The summed E-state index contributed by atoms with van der Waals surface area (Å²) in [5, 5.41) is 4.79. The Bertz CT molecular complexity index is 950. The molecule has 4 saturated carbocycles. The molecule has 0 aromatic heterocycles. The molecule has 0 unspecified atom stereocenters. The number of halogens is 2. The summed E-state index contributed by atoms with van der Waals surface area (Å²) in [6, 6.07) is 13.4. The molecule has 180 valence electrons. The Hall–Kier alpha value is -2.05. The van der Waals surface area contributed by atoms with Gasteiger partial charge in [0.05, 0.1) is 6.04 Å². The minimum atomic E-state index is -0.243. The molecular formula is C28H33F2N3S. The normalized spacial score (nSPS) is 30.7. The van der Waals surface area contributed by atoms with Gasteiger partial charge in [0.15, 0.2) is 5.11 Å². The van der Waals surface area contributed by atoms with Crippen molar-refractivity contribution in [2.24, 2.45) is 17.8 Å². The van der Waals surface area contributed by atoms with Gasteiger partial charge in [0.2, 0.25) is 0 Å². The van der Waals surface area contributed by atoms with Crippen molar-refractivity contribution >= 4 is 17.3 Å². The average molecular weight is 482 g/mol. The molecule has 0 atom stereocenters. The van der Waals surface area contributed by atoms with Crippen molar-refractivity contribution in [2.75, 3.05) is 26.2 Å². The quantitative estimate of drug-likeness (QED) is 0.580. The van der Waals surface area contributed by atoms with Crippen molar-refractivity contribution in [3.05, 3.63) is 71.3 Å². The average Bonchev–Trinajstić information content (AvgIpc) is 2.81. The molecule has 4 aliphatic carbocycles. The SMILES string of the molecule is Fc1ccc(C(c2ccc(F)cc2)N2CCN(C(=S)NC34CC5CC(CC(C5)C3)C4)CC2)cc1. The van der Waals surface area contributed by atoms with Gasteiger partial charge in [-0.1, -0.05) is 24.3 Å². The van der Waals surface area contributed by atoms with Crippen LogP contribution in [0.25, 0.3) is 0 Å². The van der Waals surface area contributed by atoms with Crippen LogP contribution < -0.4 is 5.32 Å². The highest BCUT2D eigenvalue weighted by Crippen LogP contribution is 2.55. The molecule has 5 aliphatic rings. The topological polar surface area (TPSA) is 18.5 Å². The molecule has 5 fully saturated rings. The zero-order valence-corrected chi connectivity index (χ0v) is 20.4. The molecule has 2 aromatic carbocycles. The van der Waals surface area contributed by atoms with Crippen LogP contribution in [0.5, 0.6) is 0 Å². The first-order valence-corrected chi connectivity index (χ1v) is 13.2. The highest BCUT2D eigenvalue weighted by molar-refractivity contribution is 7.80. The number of rotatable bonds is 4. The largest absolute Gasteiger partial charge is 0.357 e. The first-order valence-electron chi connectivity index (χ1n) is 12.8. The maximum atomic E-state index is 13.6. The second kappa shape index (κ2) is 8.87. The minimum absolute atomic E-state index is 0.0342. The summed E-state index contributed by atoms with van der Waals surface area (Å²) in [6.07, 6.45) is 8.16. The van der Waals surface area contributed by atoms with Gasteiger partial charge in [0.1, 0.15) is 11.6 Å². The molecular weight excluding hydrogens is 448 g/mol. The Labute approximate surface area is 206 Å². The van der Waals surface area contributed by atoms with Crippen LogP contribution in [0.2, 0.25) is 0 Å². The summed E-state index contributed by atoms with van der Waals surface area (Å²) in [6.45, 7) is 3.42. The van der Waals surface area contributed by atoms with Crippen molar-refractivity contribution in [1.82, 2.24) is 15.1 Å². The number of hydrogen-bond acceptors (Lipinski definition) is 2. The Morgan fingerprint density at radius 2 is 1.21 bits per heavy atom. The zero-order chi connectivity index (χ0) is 23.3. The second-order valence-corrected chi connectivity index (χ2v) is 11.5. The van der Waals surface area contributed by atoms with Crippen molar-refractivity contribution < 1.29 is 8.78 Å². The second-order valence-electron chi connectivity index (χ2n) is 11.2. The fourth-order valence-electron chi connectivity index (χ4n) is 7.66. The molecule has 1 aliphatic heterocycles. The van der Waals surface area contributed by atoms with E-state index in [1.54, 1.807) is 0 Å². The van der Waals surface area contributed by atoms with Crippen molar-refractivity contribution in [1.29, 1.82) is 0 Å². The molecule has 1 heterocycles. The van der Waals surface area contributed by atoms with E-state index in [1.165, 1.54) is 62.8 Å². The monoisotopic (exact) mass is 481 g/mol. The predicted molar refractivity (Wildman–Crippen MR) is 134 cm³/mol. The third-order valence-electron chi connectivity index (χ3n) is 8.75. The van der Waals surface area contributed by atoms with Crippen molar-refractivity contribution in [3.63, 3.8) is 0 Å². The molecule has 0 amide bonds. The molecule has 0 spiro atoms. The van der Waals surface area contributed by atoms with Gasteiger partial charge >= 0.3 is 0 Å². The van der Waals surface area contributed by atoms with Crippen molar-refractivity contribution in [3.8, 4) is 0 Å². The summed E-state index contributed by atoms with van der Waals surface area (Å²) in [7, 11) is 0. The van der Waals surface area contributed by atoms with Crippen LogP contribution >= 0.6 is 12.2 Å². The van der Waals surface area contributed by atoms with Gasteiger partial charge < -0.3 is 10.2 Å². The molecule has 0 radical (unpaired) electrons. The lowest BCUT2D eigenvalue weighted by molar-refractivity contribution is -0.0116. The van der Waals surface area contributed by atoms with Gasteiger partial charge in [-0.05, 0) is 104 Å². The van der Waals surface area contributed by atoms with E-state index in [0.29, 0.717) is 0 Å². The molecule has 7 rings (SSSR count). The summed E-state index contributed by atoms with van der Waals surface area (Å²) in [4.78, 5) is 4.74. The van der Waals surface area contributed by atoms with Crippen LogP contribution in [0.15, 0.2) is 48.5 Å². The van der Waals surface area contributed by atoms with Crippen LogP contribution in [0.3, 0.4) is 0 Å². The summed E-state index contributed by atoms with van der Waals surface area (Å²) < 4.78 is 27.2. The minimum Gasteiger partial charge on any atom is -0.357 e. The molecule has 2 aromatic rings. The van der Waals surface area contributed by atoms with E-state index >= 15 is 0 Å². The first-order chi connectivity index (χ1) is 16.5. The molecule has 4 bridgehead atoms. The van der Waals surface area contributed by atoms with E-state index < -0.39 is 0 Å². The Balaban J connectivity index is 1.14. The lowest BCUT2D eigenvalue weighted by atomic mass is 9.53. The highest BCUT2D eigenvalue weighted by Gasteiger charge is 2.51. The molecule has 6 heteroatoms. The van der Waals surface area contributed by atoms with Crippen LogP contribution in [0.1, 0.15) is 55.7 Å². The van der Waals surface area contributed by atoms with Gasteiger partial charge in [-0.3, -0.25) is 4.90 Å². The van der Waals surface area contributed by atoms with Gasteiger partial charge in [-0.2, -0.15) is 0 Å². The number of thiocarbonyl (C=S) groups is 1. The lowest BCUT2D eigenvalue weighted by Crippen LogP contribution is -2.63. The number of benzene rings is 2. The van der Waals surface area contributed by atoms with E-state index in [2.05, 4.69) is 15.1 Å². The van der Waals surface area contributed by atoms with E-state index in [0.717, 1.165) is 60.2 Å². The lowest BCUT2D eigenvalue weighted by Gasteiger charge is -2.57. The number of piperazine rings is 1. The van der Waals surface area contributed by atoms with E-state index in [1.807, 2.05) is 24.3 Å².